The number of halogens is 1. The second kappa shape index (κ2) is 6.53. The van der Waals surface area contributed by atoms with Crippen LogP contribution in [0, 0.1) is 11.3 Å². The Morgan fingerprint density at radius 2 is 2.00 bits per heavy atom. The van der Waals surface area contributed by atoms with Crippen LogP contribution in [0.4, 0.5) is 5.82 Å². The number of anilines is 1. The normalized spacial score (nSPS) is 18.8. The van der Waals surface area contributed by atoms with E-state index in [-0.39, 0.29) is 0 Å². The van der Waals surface area contributed by atoms with Gasteiger partial charge in [0, 0.05) is 42.5 Å². The van der Waals surface area contributed by atoms with E-state index in [0.29, 0.717) is 29.0 Å². The van der Waals surface area contributed by atoms with Crippen LogP contribution in [0.2, 0.25) is 5.02 Å². The van der Waals surface area contributed by atoms with Crippen LogP contribution < -0.4 is 4.90 Å². The highest BCUT2D eigenvalue weighted by Gasteiger charge is 2.31. The van der Waals surface area contributed by atoms with Gasteiger partial charge in [0.1, 0.15) is 5.82 Å². The summed E-state index contributed by atoms with van der Waals surface area (Å²) in [4.78, 5) is 20.9. The first kappa shape index (κ1) is 16.2. The molecular weight excluding hydrogens is 336 g/mol. The van der Waals surface area contributed by atoms with E-state index in [1.54, 1.807) is 12.1 Å². The molecule has 3 heterocycles. The zero-order chi connectivity index (χ0) is 17.4. The molecule has 25 heavy (non-hydrogen) atoms. The molecule has 0 unspecified atom stereocenters. The van der Waals surface area contributed by atoms with Gasteiger partial charge in [0.15, 0.2) is 0 Å². The number of pyridine rings is 1. The fourth-order valence-corrected chi connectivity index (χ4v) is 4.07. The number of piperidine rings is 1. The number of carbonyl (C=O) groups is 1. The molecule has 1 amide bonds. The van der Waals surface area contributed by atoms with Gasteiger partial charge in [-0.05, 0) is 43.5 Å². The predicted molar refractivity (Wildman–Crippen MR) is 97.7 cm³/mol. The van der Waals surface area contributed by atoms with Crippen molar-refractivity contribution in [2.24, 2.45) is 0 Å². The average molecular weight is 355 g/mol. The Hall–Kier alpha value is -2.32. The SMILES string of the molecule is N#Cc1cc(N2CCC(N3CCCC3=O)CC2)nc2ccc(Cl)cc12. The quantitative estimate of drug-likeness (QED) is 0.829. The van der Waals surface area contributed by atoms with E-state index in [1.807, 2.05) is 17.0 Å². The topological polar surface area (TPSA) is 60.2 Å². The van der Waals surface area contributed by atoms with E-state index >= 15 is 0 Å². The Morgan fingerprint density at radius 1 is 1.20 bits per heavy atom. The van der Waals surface area contributed by atoms with E-state index in [4.69, 9.17) is 16.6 Å². The third-order valence-electron chi connectivity index (χ3n) is 5.22. The van der Waals surface area contributed by atoms with Gasteiger partial charge >= 0.3 is 0 Å². The lowest BCUT2D eigenvalue weighted by Crippen LogP contribution is -2.45. The molecule has 0 aliphatic carbocycles. The molecule has 1 aromatic carbocycles. The minimum Gasteiger partial charge on any atom is -0.356 e. The molecule has 6 heteroatoms. The van der Waals surface area contributed by atoms with Gasteiger partial charge < -0.3 is 9.80 Å². The number of fused-ring (bicyclic) bond motifs is 1. The van der Waals surface area contributed by atoms with Crippen molar-refractivity contribution in [3.63, 3.8) is 0 Å². The molecule has 4 rings (SSSR count). The Balaban J connectivity index is 1.56. The van der Waals surface area contributed by atoms with Crippen molar-refractivity contribution in [3.8, 4) is 6.07 Å². The van der Waals surface area contributed by atoms with Gasteiger partial charge in [-0.1, -0.05) is 11.6 Å². The van der Waals surface area contributed by atoms with Crippen molar-refractivity contribution in [3.05, 3.63) is 34.9 Å². The molecule has 2 aliphatic rings. The molecule has 2 saturated heterocycles. The average Bonchev–Trinajstić information content (AvgIpc) is 3.07. The number of rotatable bonds is 2. The van der Waals surface area contributed by atoms with Gasteiger partial charge in [-0.3, -0.25) is 4.79 Å². The van der Waals surface area contributed by atoms with Gasteiger partial charge in [0.25, 0.3) is 0 Å². The molecule has 0 bridgehead atoms. The molecule has 0 spiro atoms. The summed E-state index contributed by atoms with van der Waals surface area (Å²) >= 11 is 6.05. The number of nitriles is 1. The van der Waals surface area contributed by atoms with E-state index < -0.39 is 0 Å². The zero-order valence-corrected chi connectivity index (χ0v) is 14.7. The molecule has 0 saturated carbocycles. The molecule has 2 fully saturated rings. The lowest BCUT2D eigenvalue weighted by atomic mass is 10.0. The highest BCUT2D eigenvalue weighted by Crippen LogP contribution is 2.28. The van der Waals surface area contributed by atoms with Crippen molar-refractivity contribution < 1.29 is 4.79 Å². The van der Waals surface area contributed by atoms with E-state index in [1.165, 1.54) is 0 Å². The highest BCUT2D eigenvalue weighted by molar-refractivity contribution is 6.31. The van der Waals surface area contributed by atoms with E-state index in [0.717, 1.165) is 55.6 Å². The van der Waals surface area contributed by atoms with Crippen molar-refractivity contribution in [1.29, 1.82) is 5.26 Å². The van der Waals surface area contributed by atoms with Crippen LogP contribution in [-0.2, 0) is 4.79 Å². The smallest absolute Gasteiger partial charge is 0.222 e. The Morgan fingerprint density at radius 3 is 2.68 bits per heavy atom. The fraction of sp³-hybridized carbons (Fsp3) is 0.421. The molecule has 1 aromatic heterocycles. The van der Waals surface area contributed by atoms with Crippen molar-refractivity contribution in [1.82, 2.24) is 9.88 Å². The third kappa shape index (κ3) is 3.03. The second-order valence-corrected chi connectivity index (χ2v) is 7.15. The Kier molecular flexibility index (Phi) is 4.22. The van der Waals surface area contributed by atoms with Crippen LogP contribution in [0.3, 0.4) is 0 Å². The summed E-state index contributed by atoms with van der Waals surface area (Å²) in [5.41, 5.74) is 1.38. The van der Waals surface area contributed by atoms with Gasteiger partial charge in [-0.2, -0.15) is 5.26 Å². The minimum absolute atomic E-state index is 0.297. The maximum Gasteiger partial charge on any atom is 0.222 e. The summed E-state index contributed by atoms with van der Waals surface area (Å²) in [6, 6.07) is 9.90. The highest BCUT2D eigenvalue weighted by atomic mass is 35.5. The van der Waals surface area contributed by atoms with Crippen LogP contribution in [0.15, 0.2) is 24.3 Å². The molecular formula is C19H19ClN4O. The van der Waals surface area contributed by atoms with Crippen LogP contribution in [-0.4, -0.2) is 41.5 Å². The van der Waals surface area contributed by atoms with Crippen molar-refractivity contribution in [2.45, 2.75) is 31.7 Å². The zero-order valence-electron chi connectivity index (χ0n) is 13.9. The fourth-order valence-electron chi connectivity index (χ4n) is 3.90. The van der Waals surface area contributed by atoms with Crippen LogP contribution in [0.1, 0.15) is 31.2 Å². The summed E-state index contributed by atoms with van der Waals surface area (Å²) in [6.45, 7) is 2.61. The molecule has 2 aliphatic heterocycles. The maximum absolute atomic E-state index is 11.9. The van der Waals surface area contributed by atoms with Crippen LogP contribution >= 0.6 is 11.6 Å². The predicted octanol–water partition coefficient (Wildman–Crippen LogP) is 3.35. The first-order valence-corrected chi connectivity index (χ1v) is 9.08. The summed E-state index contributed by atoms with van der Waals surface area (Å²) in [5.74, 6) is 1.13. The first-order valence-electron chi connectivity index (χ1n) is 8.70. The van der Waals surface area contributed by atoms with Crippen molar-refractivity contribution in [2.75, 3.05) is 24.5 Å². The number of amides is 1. The van der Waals surface area contributed by atoms with E-state index in [9.17, 15) is 10.1 Å². The van der Waals surface area contributed by atoms with Gasteiger partial charge in [0.2, 0.25) is 5.91 Å². The summed E-state index contributed by atoms with van der Waals surface area (Å²) < 4.78 is 0. The minimum atomic E-state index is 0.297. The number of hydrogen-bond acceptors (Lipinski definition) is 4. The number of hydrogen-bond donors (Lipinski definition) is 0. The number of aromatic nitrogens is 1. The molecule has 0 N–H and O–H groups in total. The molecule has 5 nitrogen and oxygen atoms in total. The summed E-state index contributed by atoms with van der Waals surface area (Å²) in [7, 11) is 0. The number of benzene rings is 1. The summed E-state index contributed by atoms with van der Waals surface area (Å²) in [6.07, 6.45) is 3.59. The first-order chi connectivity index (χ1) is 12.2. The van der Waals surface area contributed by atoms with Gasteiger partial charge in [-0.15, -0.1) is 0 Å². The number of nitrogens with zero attached hydrogens (tertiary/aromatic N) is 4. The second-order valence-electron chi connectivity index (χ2n) is 6.71. The Labute approximate surface area is 151 Å². The maximum atomic E-state index is 11.9. The van der Waals surface area contributed by atoms with Gasteiger partial charge in [0.05, 0.1) is 17.1 Å². The van der Waals surface area contributed by atoms with E-state index in [2.05, 4.69) is 11.0 Å². The van der Waals surface area contributed by atoms with Gasteiger partial charge in [-0.25, -0.2) is 4.98 Å². The lowest BCUT2D eigenvalue weighted by Gasteiger charge is -2.37. The number of carbonyl (C=O) groups excluding carboxylic acids is 1. The molecule has 2 aromatic rings. The molecule has 128 valence electrons. The number of likely N-dealkylation sites (tertiary alicyclic amines) is 1. The third-order valence-corrected chi connectivity index (χ3v) is 5.45. The van der Waals surface area contributed by atoms with Crippen molar-refractivity contribution >= 4 is 34.2 Å². The monoisotopic (exact) mass is 354 g/mol. The summed E-state index contributed by atoms with van der Waals surface area (Å²) in [5, 5.41) is 10.9. The van der Waals surface area contributed by atoms with Crippen LogP contribution in [0.25, 0.3) is 10.9 Å². The Bertz CT molecular complexity index is 868. The standard InChI is InChI=1S/C19H19ClN4O/c20-14-3-4-17-16(11-14)13(12-21)10-18(22-17)23-8-5-15(6-9-23)24-7-1-2-19(24)25/h3-4,10-11,15H,1-2,5-9H2. The lowest BCUT2D eigenvalue weighted by molar-refractivity contribution is -0.130. The molecule has 0 radical (unpaired) electrons. The van der Waals surface area contributed by atoms with Crippen LogP contribution in [0.5, 0.6) is 0 Å². The largest absolute Gasteiger partial charge is 0.356 e. The molecule has 0 atom stereocenters.